The van der Waals surface area contributed by atoms with Crippen molar-refractivity contribution >= 4 is 0 Å². The molecule has 4 nitrogen and oxygen atoms in total. The minimum atomic E-state index is 0.0925. The zero-order valence-corrected chi connectivity index (χ0v) is 10.1. The van der Waals surface area contributed by atoms with E-state index >= 15 is 0 Å². The zero-order valence-electron chi connectivity index (χ0n) is 10.1. The number of aliphatic hydroxyl groups excluding tert-OH is 1. The highest BCUT2D eigenvalue weighted by Gasteiger charge is 1.98. The topological polar surface area (TPSA) is 46.4 Å². The fraction of sp³-hybridized carbons (Fsp3) is 0.667. The van der Waals surface area contributed by atoms with Gasteiger partial charge >= 0.3 is 0 Å². The first-order chi connectivity index (χ1) is 7.72. The van der Waals surface area contributed by atoms with Gasteiger partial charge in [-0.3, -0.25) is 0 Å². The van der Waals surface area contributed by atoms with Gasteiger partial charge in [0.2, 0.25) is 0 Å². The van der Waals surface area contributed by atoms with Crippen LogP contribution in [-0.4, -0.2) is 35.5 Å². The highest BCUT2D eigenvalue weighted by atomic mass is 16.5. The van der Waals surface area contributed by atoms with Gasteiger partial charge in [-0.25, -0.2) is 0 Å². The van der Waals surface area contributed by atoms with Crippen LogP contribution in [0.3, 0.4) is 0 Å². The summed E-state index contributed by atoms with van der Waals surface area (Å²) in [6.07, 6.45) is 4.18. The molecule has 0 fully saturated rings. The van der Waals surface area contributed by atoms with Gasteiger partial charge in [0.1, 0.15) is 0 Å². The lowest BCUT2D eigenvalue weighted by molar-refractivity contribution is 0.0870. The van der Waals surface area contributed by atoms with E-state index in [0.29, 0.717) is 19.3 Å². The molecular weight excluding hydrogens is 204 g/mol. The van der Waals surface area contributed by atoms with Crippen molar-refractivity contribution in [3.63, 3.8) is 0 Å². The van der Waals surface area contributed by atoms with Gasteiger partial charge in [-0.2, -0.15) is 0 Å². The molecule has 0 aliphatic heterocycles. The number of ether oxygens (including phenoxy) is 1. The second-order valence-electron chi connectivity index (χ2n) is 4.13. The second kappa shape index (κ2) is 7.44. The molecule has 0 unspecified atom stereocenters. The molecule has 1 aromatic heterocycles. The van der Waals surface area contributed by atoms with Crippen molar-refractivity contribution in [2.75, 3.05) is 19.8 Å². The minimum Gasteiger partial charge on any atom is -0.394 e. The van der Waals surface area contributed by atoms with Gasteiger partial charge in [0, 0.05) is 31.5 Å². The number of aliphatic hydroxyl groups is 1. The maximum absolute atomic E-state index is 8.55. The Labute approximate surface area is 97.2 Å². The van der Waals surface area contributed by atoms with Gasteiger partial charge in [0.15, 0.2) is 0 Å². The molecule has 92 valence electrons. The highest BCUT2D eigenvalue weighted by Crippen LogP contribution is 2.01. The van der Waals surface area contributed by atoms with Gasteiger partial charge < -0.3 is 19.7 Å². The van der Waals surface area contributed by atoms with E-state index in [-0.39, 0.29) is 6.61 Å². The molecule has 0 radical (unpaired) electrons. The number of nitrogens with one attached hydrogen (secondary N) is 1. The minimum absolute atomic E-state index is 0.0925. The van der Waals surface area contributed by atoms with Crippen molar-refractivity contribution in [2.24, 2.45) is 0 Å². The first-order valence-corrected chi connectivity index (χ1v) is 5.79. The molecule has 0 bridgehead atoms. The molecule has 16 heavy (non-hydrogen) atoms. The Morgan fingerprint density at radius 3 is 2.94 bits per heavy atom. The van der Waals surface area contributed by atoms with Crippen LogP contribution < -0.4 is 5.32 Å². The molecule has 0 spiro atoms. The lowest BCUT2D eigenvalue weighted by atomic mass is 10.3. The van der Waals surface area contributed by atoms with Crippen molar-refractivity contribution in [2.45, 2.75) is 33.0 Å². The number of nitrogens with zero attached hydrogens (tertiary/aromatic N) is 1. The van der Waals surface area contributed by atoms with Crippen LogP contribution >= 0.6 is 0 Å². The molecule has 0 aliphatic carbocycles. The molecule has 0 aliphatic rings. The molecule has 0 aromatic carbocycles. The van der Waals surface area contributed by atoms with Crippen LogP contribution in [0.5, 0.6) is 0 Å². The van der Waals surface area contributed by atoms with Crippen LogP contribution in [0.2, 0.25) is 0 Å². The smallest absolute Gasteiger partial charge is 0.0698 e. The number of hydrogen-bond donors (Lipinski definition) is 2. The summed E-state index contributed by atoms with van der Waals surface area (Å²) >= 11 is 0. The van der Waals surface area contributed by atoms with Gasteiger partial charge in [-0.15, -0.1) is 0 Å². The Hall–Kier alpha value is -0.840. The highest BCUT2D eigenvalue weighted by molar-refractivity contribution is 5.09. The van der Waals surface area contributed by atoms with Crippen molar-refractivity contribution in [3.05, 3.63) is 24.0 Å². The second-order valence-corrected chi connectivity index (χ2v) is 4.13. The fourth-order valence-electron chi connectivity index (χ4n) is 1.39. The molecule has 0 atom stereocenters. The third-order valence-corrected chi connectivity index (χ3v) is 2.26. The van der Waals surface area contributed by atoms with Crippen molar-refractivity contribution < 1.29 is 9.84 Å². The standard InChI is InChI=1S/C12H22N2O2/c1-11(2)13-9-12-3-4-14(10-12)5-7-16-8-6-15/h3-4,10-11,13,15H,5-9H2,1-2H3. The van der Waals surface area contributed by atoms with Crippen LogP contribution in [0.1, 0.15) is 19.4 Å². The van der Waals surface area contributed by atoms with Crippen LogP contribution in [0.25, 0.3) is 0 Å². The number of rotatable bonds is 8. The van der Waals surface area contributed by atoms with Crippen LogP contribution in [-0.2, 0) is 17.8 Å². The molecule has 1 rings (SSSR count). The van der Waals surface area contributed by atoms with Gasteiger partial charge in [0.05, 0.1) is 19.8 Å². The van der Waals surface area contributed by atoms with E-state index in [0.717, 1.165) is 13.1 Å². The van der Waals surface area contributed by atoms with E-state index in [4.69, 9.17) is 9.84 Å². The van der Waals surface area contributed by atoms with E-state index in [1.807, 2.05) is 0 Å². The maximum atomic E-state index is 8.55. The van der Waals surface area contributed by atoms with Crippen LogP contribution in [0.4, 0.5) is 0 Å². The predicted molar refractivity (Wildman–Crippen MR) is 64.3 cm³/mol. The molecule has 0 saturated heterocycles. The average Bonchev–Trinajstić information content (AvgIpc) is 2.70. The van der Waals surface area contributed by atoms with E-state index in [1.165, 1.54) is 5.56 Å². The Morgan fingerprint density at radius 1 is 1.44 bits per heavy atom. The monoisotopic (exact) mass is 226 g/mol. The van der Waals surface area contributed by atoms with Gasteiger partial charge in [-0.05, 0) is 11.6 Å². The van der Waals surface area contributed by atoms with Crippen molar-refractivity contribution in [3.8, 4) is 0 Å². The quantitative estimate of drug-likeness (QED) is 0.650. The molecule has 2 N–H and O–H groups in total. The Bertz CT molecular complexity index is 284. The summed E-state index contributed by atoms with van der Waals surface area (Å²) in [7, 11) is 0. The van der Waals surface area contributed by atoms with Crippen molar-refractivity contribution in [1.82, 2.24) is 9.88 Å². The zero-order chi connectivity index (χ0) is 11.8. The summed E-state index contributed by atoms with van der Waals surface area (Å²) < 4.78 is 7.31. The lowest BCUT2D eigenvalue weighted by Crippen LogP contribution is -2.21. The first-order valence-electron chi connectivity index (χ1n) is 5.79. The average molecular weight is 226 g/mol. The molecule has 1 heterocycles. The molecular formula is C12H22N2O2. The fourth-order valence-corrected chi connectivity index (χ4v) is 1.39. The summed E-state index contributed by atoms with van der Waals surface area (Å²) in [4.78, 5) is 0. The maximum Gasteiger partial charge on any atom is 0.0698 e. The van der Waals surface area contributed by atoms with E-state index in [2.05, 4.69) is 42.2 Å². The Balaban J connectivity index is 2.22. The SMILES string of the molecule is CC(C)NCc1ccn(CCOCCO)c1. The molecule has 0 amide bonds. The summed E-state index contributed by atoms with van der Waals surface area (Å²) in [5.74, 6) is 0. The molecule has 1 aromatic rings. The summed E-state index contributed by atoms with van der Waals surface area (Å²) in [5.41, 5.74) is 1.29. The third kappa shape index (κ3) is 5.30. The predicted octanol–water partition coefficient (Wildman–Crippen LogP) is 0.995. The van der Waals surface area contributed by atoms with Crippen LogP contribution in [0.15, 0.2) is 18.5 Å². The Morgan fingerprint density at radius 2 is 2.25 bits per heavy atom. The van der Waals surface area contributed by atoms with E-state index in [9.17, 15) is 0 Å². The van der Waals surface area contributed by atoms with E-state index in [1.54, 1.807) is 0 Å². The first kappa shape index (κ1) is 13.2. The van der Waals surface area contributed by atoms with Crippen LogP contribution in [0, 0.1) is 0 Å². The lowest BCUT2D eigenvalue weighted by Gasteiger charge is -2.06. The Kier molecular flexibility index (Phi) is 6.15. The summed E-state index contributed by atoms with van der Waals surface area (Å²) in [6.45, 7) is 7.17. The largest absolute Gasteiger partial charge is 0.394 e. The number of hydrogen-bond acceptors (Lipinski definition) is 3. The summed E-state index contributed by atoms with van der Waals surface area (Å²) in [5, 5.41) is 11.9. The summed E-state index contributed by atoms with van der Waals surface area (Å²) in [6, 6.07) is 2.62. The van der Waals surface area contributed by atoms with Gasteiger partial charge in [0.25, 0.3) is 0 Å². The number of aromatic nitrogens is 1. The van der Waals surface area contributed by atoms with Crippen molar-refractivity contribution in [1.29, 1.82) is 0 Å². The third-order valence-electron chi connectivity index (χ3n) is 2.26. The molecule has 0 saturated carbocycles. The van der Waals surface area contributed by atoms with Gasteiger partial charge in [-0.1, -0.05) is 13.8 Å². The normalized spacial score (nSPS) is 11.2. The molecule has 4 heteroatoms. The van der Waals surface area contributed by atoms with E-state index < -0.39 is 0 Å².